The average molecular weight is 334 g/mol. The fourth-order valence-corrected chi connectivity index (χ4v) is 3.79. The number of pyridine rings is 1. The number of hydrogen-bond donors (Lipinski definition) is 2. The number of nitrogens with zero attached hydrogens (tertiary/aromatic N) is 1. The van der Waals surface area contributed by atoms with Crippen molar-refractivity contribution in [1.29, 1.82) is 0 Å². The lowest BCUT2D eigenvalue weighted by atomic mass is 10.1. The van der Waals surface area contributed by atoms with Gasteiger partial charge in [-0.25, -0.2) is 18.1 Å². The molecular formula is C13H20ClN3O3S. The molecule has 2 N–H and O–H groups in total. The molecule has 0 amide bonds. The highest BCUT2D eigenvalue weighted by atomic mass is 35.5. The van der Waals surface area contributed by atoms with Crippen molar-refractivity contribution in [2.24, 2.45) is 0 Å². The average Bonchev–Trinajstić information content (AvgIpc) is 2.95. The Balaban J connectivity index is 2.13. The van der Waals surface area contributed by atoms with Crippen molar-refractivity contribution in [3.05, 3.63) is 17.3 Å². The van der Waals surface area contributed by atoms with Gasteiger partial charge in [0.2, 0.25) is 10.0 Å². The molecule has 2 atom stereocenters. The molecule has 1 saturated heterocycles. The van der Waals surface area contributed by atoms with Crippen LogP contribution in [-0.4, -0.2) is 38.7 Å². The van der Waals surface area contributed by atoms with Gasteiger partial charge in [-0.15, -0.1) is 0 Å². The van der Waals surface area contributed by atoms with E-state index < -0.39 is 10.0 Å². The summed E-state index contributed by atoms with van der Waals surface area (Å²) in [7, 11) is -3.66. The van der Waals surface area contributed by atoms with E-state index in [9.17, 15) is 8.42 Å². The van der Waals surface area contributed by atoms with E-state index in [1.807, 2.05) is 6.92 Å². The van der Waals surface area contributed by atoms with Crippen molar-refractivity contribution in [1.82, 2.24) is 9.71 Å². The van der Waals surface area contributed by atoms with E-state index in [0.29, 0.717) is 19.0 Å². The maximum Gasteiger partial charge on any atom is 0.242 e. The number of nitrogens with one attached hydrogen (secondary N) is 2. The van der Waals surface area contributed by atoms with E-state index in [2.05, 4.69) is 15.0 Å². The van der Waals surface area contributed by atoms with E-state index in [0.717, 1.165) is 12.8 Å². The smallest absolute Gasteiger partial charge is 0.242 e. The van der Waals surface area contributed by atoms with E-state index in [1.54, 1.807) is 6.92 Å². The Morgan fingerprint density at radius 3 is 2.90 bits per heavy atom. The van der Waals surface area contributed by atoms with Gasteiger partial charge in [0.05, 0.1) is 11.1 Å². The minimum Gasteiger partial charge on any atom is -0.377 e. The topological polar surface area (TPSA) is 80.3 Å². The summed E-state index contributed by atoms with van der Waals surface area (Å²) in [5, 5.41) is 3.24. The summed E-state index contributed by atoms with van der Waals surface area (Å²) in [6, 6.07) is 1.11. The van der Waals surface area contributed by atoms with Crippen molar-refractivity contribution < 1.29 is 13.2 Å². The third-order valence-corrected chi connectivity index (χ3v) is 5.15. The van der Waals surface area contributed by atoms with Gasteiger partial charge in [-0.05, 0) is 32.8 Å². The van der Waals surface area contributed by atoms with Crippen LogP contribution in [0.25, 0.3) is 0 Å². The van der Waals surface area contributed by atoms with Gasteiger partial charge in [0.1, 0.15) is 10.7 Å². The number of halogens is 1. The van der Waals surface area contributed by atoms with Gasteiger partial charge in [-0.2, -0.15) is 0 Å². The van der Waals surface area contributed by atoms with Crippen LogP contribution >= 0.6 is 11.6 Å². The zero-order valence-corrected chi connectivity index (χ0v) is 13.7. The second kappa shape index (κ2) is 6.91. The molecule has 0 radical (unpaired) electrons. The molecule has 2 heterocycles. The summed E-state index contributed by atoms with van der Waals surface area (Å²) < 4.78 is 32.8. The molecule has 0 bridgehead atoms. The van der Waals surface area contributed by atoms with E-state index in [-0.39, 0.29) is 22.1 Å². The van der Waals surface area contributed by atoms with Crippen LogP contribution < -0.4 is 10.0 Å². The minimum atomic E-state index is -3.66. The number of anilines is 1. The molecule has 2 unspecified atom stereocenters. The third-order valence-electron chi connectivity index (χ3n) is 3.33. The second-order valence-electron chi connectivity index (χ2n) is 4.99. The Morgan fingerprint density at radius 2 is 2.33 bits per heavy atom. The predicted octanol–water partition coefficient (Wildman–Crippen LogP) is 2.01. The quantitative estimate of drug-likeness (QED) is 0.832. The zero-order valence-electron chi connectivity index (χ0n) is 12.1. The summed E-state index contributed by atoms with van der Waals surface area (Å²) in [6.07, 6.45) is 3.04. The maximum absolute atomic E-state index is 12.3. The van der Waals surface area contributed by atoms with Crippen molar-refractivity contribution in [2.75, 3.05) is 18.5 Å². The maximum atomic E-state index is 12.3. The Labute approximate surface area is 130 Å². The van der Waals surface area contributed by atoms with Crippen LogP contribution in [0.2, 0.25) is 5.02 Å². The molecule has 0 saturated carbocycles. The van der Waals surface area contributed by atoms with Crippen molar-refractivity contribution in [3.8, 4) is 0 Å². The summed E-state index contributed by atoms with van der Waals surface area (Å²) in [5.41, 5.74) is 0. The first-order chi connectivity index (χ1) is 9.94. The molecule has 1 aromatic rings. The standard InChI is InChI=1S/C13H20ClN3O3S/c1-3-15-13-11(14)7-10(8-16-13)21(18,19)17-9(2)12-5-4-6-20-12/h7-9,12,17H,3-6H2,1-2H3,(H,15,16). The molecule has 21 heavy (non-hydrogen) atoms. The van der Waals surface area contributed by atoms with E-state index in [4.69, 9.17) is 16.3 Å². The first-order valence-electron chi connectivity index (χ1n) is 6.97. The summed E-state index contributed by atoms with van der Waals surface area (Å²) >= 11 is 6.04. The third kappa shape index (κ3) is 4.06. The summed E-state index contributed by atoms with van der Waals surface area (Å²) in [6.45, 7) is 5.05. The first kappa shape index (κ1) is 16.5. The Hall–Kier alpha value is -0.890. The number of rotatable bonds is 6. The van der Waals surface area contributed by atoms with E-state index in [1.165, 1.54) is 12.3 Å². The van der Waals surface area contributed by atoms with Gasteiger partial charge >= 0.3 is 0 Å². The normalized spacial score (nSPS) is 20.4. The highest BCUT2D eigenvalue weighted by Gasteiger charge is 2.27. The monoisotopic (exact) mass is 333 g/mol. The SMILES string of the molecule is CCNc1ncc(S(=O)(=O)NC(C)C2CCCO2)cc1Cl. The Kier molecular flexibility index (Phi) is 5.43. The van der Waals surface area contributed by atoms with Crippen LogP contribution in [0.15, 0.2) is 17.2 Å². The fourth-order valence-electron chi connectivity index (χ4n) is 2.25. The predicted molar refractivity (Wildman–Crippen MR) is 82.2 cm³/mol. The lowest BCUT2D eigenvalue weighted by molar-refractivity contribution is 0.0902. The number of aromatic nitrogens is 1. The highest BCUT2D eigenvalue weighted by molar-refractivity contribution is 7.89. The first-order valence-corrected chi connectivity index (χ1v) is 8.83. The van der Waals surface area contributed by atoms with Gasteiger partial charge in [0, 0.05) is 25.4 Å². The lowest BCUT2D eigenvalue weighted by Gasteiger charge is -2.20. The molecule has 118 valence electrons. The molecule has 1 aliphatic rings. The Morgan fingerprint density at radius 1 is 1.57 bits per heavy atom. The van der Waals surface area contributed by atoms with Crippen LogP contribution in [0.3, 0.4) is 0 Å². The number of ether oxygens (including phenoxy) is 1. The molecule has 6 nitrogen and oxygen atoms in total. The number of sulfonamides is 1. The van der Waals surface area contributed by atoms with Gasteiger partial charge in [-0.1, -0.05) is 11.6 Å². The Bertz CT molecular complexity index is 588. The van der Waals surface area contributed by atoms with Gasteiger partial charge < -0.3 is 10.1 Å². The highest BCUT2D eigenvalue weighted by Crippen LogP contribution is 2.23. The molecule has 1 aliphatic heterocycles. The van der Waals surface area contributed by atoms with Crippen LogP contribution in [0.4, 0.5) is 5.82 Å². The van der Waals surface area contributed by atoms with E-state index >= 15 is 0 Å². The minimum absolute atomic E-state index is 0.0546. The van der Waals surface area contributed by atoms with Crippen molar-refractivity contribution in [2.45, 2.75) is 43.7 Å². The summed E-state index contributed by atoms with van der Waals surface area (Å²) in [4.78, 5) is 4.10. The molecule has 0 aliphatic carbocycles. The van der Waals surface area contributed by atoms with Gasteiger partial charge in [0.15, 0.2) is 0 Å². The van der Waals surface area contributed by atoms with Crippen molar-refractivity contribution >= 4 is 27.4 Å². The largest absolute Gasteiger partial charge is 0.377 e. The molecule has 1 aromatic heterocycles. The van der Waals surface area contributed by atoms with Crippen LogP contribution in [0.5, 0.6) is 0 Å². The molecule has 2 rings (SSSR count). The van der Waals surface area contributed by atoms with Crippen LogP contribution in [-0.2, 0) is 14.8 Å². The van der Waals surface area contributed by atoms with Crippen molar-refractivity contribution in [3.63, 3.8) is 0 Å². The lowest BCUT2D eigenvalue weighted by Crippen LogP contribution is -2.40. The molecular weight excluding hydrogens is 314 g/mol. The second-order valence-corrected chi connectivity index (χ2v) is 7.11. The number of hydrogen-bond acceptors (Lipinski definition) is 5. The molecule has 0 spiro atoms. The zero-order chi connectivity index (χ0) is 15.5. The van der Waals surface area contributed by atoms with Gasteiger partial charge in [-0.3, -0.25) is 0 Å². The molecule has 8 heteroatoms. The van der Waals surface area contributed by atoms with Crippen LogP contribution in [0, 0.1) is 0 Å². The fraction of sp³-hybridized carbons (Fsp3) is 0.615. The molecule has 0 aromatic carbocycles. The molecule has 1 fully saturated rings. The summed E-state index contributed by atoms with van der Waals surface area (Å²) in [5.74, 6) is 0.477. The van der Waals surface area contributed by atoms with Gasteiger partial charge in [0.25, 0.3) is 0 Å². The van der Waals surface area contributed by atoms with Crippen LogP contribution in [0.1, 0.15) is 26.7 Å².